The van der Waals surface area contributed by atoms with Gasteiger partial charge in [0, 0.05) is 62.0 Å². The summed E-state index contributed by atoms with van der Waals surface area (Å²) in [5, 5.41) is 2.86. The highest BCUT2D eigenvalue weighted by atomic mass is 19.1. The molecule has 1 amide bonds. The van der Waals surface area contributed by atoms with Crippen LogP contribution in [0.2, 0.25) is 0 Å². The van der Waals surface area contributed by atoms with Crippen molar-refractivity contribution in [2.24, 2.45) is 4.99 Å². The zero-order valence-corrected chi connectivity index (χ0v) is 20.0. The molecule has 6 nitrogen and oxygen atoms in total. The molecule has 2 aromatic rings. The van der Waals surface area contributed by atoms with Crippen LogP contribution in [0.4, 0.5) is 10.1 Å². The Morgan fingerprint density at radius 2 is 1.94 bits per heavy atom. The molecule has 180 valence electrons. The number of allylic oxidation sites excluding steroid dienone is 1. The fraction of sp³-hybridized carbons (Fsp3) is 0.407. The lowest BCUT2D eigenvalue weighted by atomic mass is 9.95. The molecule has 2 heterocycles. The molecule has 0 spiro atoms. The van der Waals surface area contributed by atoms with Crippen molar-refractivity contribution in [2.45, 2.75) is 32.7 Å². The van der Waals surface area contributed by atoms with E-state index in [1.54, 1.807) is 12.1 Å². The van der Waals surface area contributed by atoms with Gasteiger partial charge in [-0.15, -0.1) is 0 Å². The summed E-state index contributed by atoms with van der Waals surface area (Å²) in [6.07, 6.45) is 3.75. The molecule has 4 rings (SSSR count). The predicted molar refractivity (Wildman–Crippen MR) is 135 cm³/mol. The van der Waals surface area contributed by atoms with Crippen molar-refractivity contribution >= 4 is 22.9 Å². The van der Waals surface area contributed by atoms with E-state index in [0.29, 0.717) is 13.2 Å². The molecule has 0 saturated carbocycles. The molecule has 0 aliphatic carbocycles. The first kappa shape index (κ1) is 24.0. The molecule has 7 heteroatoms. The van der Waals surface area contributed by atoms with Gasteiger partial charge in [0.15, 0.2) is 0 Å². The average Bonchev–Trinajstić information content (AvgIpc) is 2.84. The number of likely N-dealkylation sites (N-methyl/N-ethyl adjacent to an activating group) is 1. The van der Waals surface area contributed by atoms with Crippen LogP contribution in [0.3, 0.4) is 0 Å². The normalized spacial score (nSPS) is 16.6. The third-order valence-electron chi connectivity index (χ3n) is 6.30. The van der Waals surface area contributed by atoms with E-state index in [1.807, 2.05) is 19.2 Å². The summed E-state index contributed by atoms with van der Waals surface area (Å²) < 4.78 is 19.1. The second-order valence-corrected chi connectivity index (χ2v) is 8.84. The highest BCUT2D eigenvalue weighted by Gasteiger charge is 2.21. The fourth-order valence-electron chi connectivity index (χ4n) is 4.36. The van der Waals surface area contributed by atoms with Crippen LogP contribution < -0.4 is 15.0 Å². The maximum atomic E-state index is 13.3. The van der Waals surface area contributed by atoms with Crippen LogP contribution in [0.5, 0.6) is 5.75 Å². The summed E-state index contributed by atoms with van der Waals surface area (Å²) in [5.74, 6) is 0.487. The molecule has 0 bridgehead atoms. The van der Waals surface area contributed by atoms with E-state index in [-0.39, 0.29) is 18.1 Å². The van der Waals surface area contributed by atoms with E-state index in [0.717, 1.165) is 56.0 Å². The van der Waals surface area contributed by atoms with Crippen molar-refractivity contribution in [3.8, 4) is 5.75 Å². The minimum absolute atomic E-state index is 0.0981. The zero-order chi connectivity index (χ0) is 23.9. The summed E-state index contributed by atoms with van der Waals surface area (Å²) in [7, 11) is 2.16. The van der Waals surface area contributed by atoms with Crippen molar-refractivity contribution in [2.75, 3.05) is 44.7 Å². The van der Waals surface area contributed by atoms with Crippen LogP contribution >= 0.6 is 0 Å². The van der Waals surface area contributed by atoms with Crippen LogP contribution in [0.1, 0.15) is 37.3 Å². The highest BCUT2D eigenvalue weighted by molar-refractivity contribution is 6.03. The number of hydrogen-bond donors (Lipinski definition) is 1. The fourth-order valence-corrected chi connectivity index (χ4v) is 4.36. The molecule has 1 N–H and O–H groups in total. The molecule has 0 aromatic heterocycles. The Kier molecular flexibility index (Phi) is 7.95. The number of nitrogens with zero attached hydrogens (tertiary/aromatic N) is 3. The number of benzene rings is 2. The molecule has 2 aliphatic rings. The van der Waals surface area contributed by atoms with E-state index in [1.165, 1.54) is 29.0 Å². The van der Waals surface area contributed by atoms with Crippen molar-refractivity contribution in [3.05, 3.63) is 65.6 Å². The molecule has 34 heavy (non-hydrogen) atoms. The number of halogens is 1. The second kappa shape index (κ2) is 11.3. The van der Waals surface area contributed by atoms with Crippen molar-refractivity contribution < 1.29 is 13.9 Å². The summed E-state index contributed by atoms with van der Waals surface area (Å²) in [6, 6.07) is 12.6. The maximum Gasteiger partial charge on any atom is 0.225 e. The minimum atomic E-state index is -0.300. The van der Waals surface area contributed by atoms with Crippen LogP contribution in [-0.2, 0) is 11.3 Å². The van der Waals surface area contributed by atoms with Gasteiger partial charge >= 0.3 is 0 Å². The van der Waals surface area contributed by atoms with Crippen molar-refractivity contribution in [1.82, 2.24) is 10.2 Å². The predicted octanol–water partition coefficient (Wildman–Crippen LogP) is 4.26. The van der Waals surface area contributed by atoms with Crippen LogP contribution in [0, 0.1) is 5.82 Å². The van der Waals surface area contributed by atoms with E-state index in [4.69, 9.17) is 4.74 Å². The zero-order valence-electron chi connectivity index (χ0n) is 20.0. The Hall–Kier alpha value is -3.19. The Labute approximate surface area is 201 Å². The van der Waals surface area contributed by atoms with Gasteiger partial charge in [-0.1, -0.05) is 12.1 Å². The molecule has 2 aliphatic heterocycles. The smallest absolute Gasteiger partial charge is 0.225 e. The SMILES string of the molecule is CCOc1ccc(C2=CN=C(CC(=O)NCc3cccc(F)c3)CC2)c(N2CCN(C)CC2)c1. The maximum absolute atomic E-state index is 13.3. The Balaban J connectivity index is 1.44. The van der Waals surface area contributed by atoms with Crippen LogP contribution in [0.15, 0.2) is 53.7 Å². The Morgan fingerprint density at radius 3 is 2.65 bits per heavy atom. The molecular weight excluding hydrogens is 431 g/mol. The first-order valence-electron chi connectivity index (χ1n) is 12.0. The third-order valence-corrected chi connectivity index (χ3v) is 6.30. The summed E-state index contributed by atoms with van der Waals surface area (Å²) in [4.78, 5) is 21.8. The van der Waals surface area contributed by atoms with Gasteiger partial charge in [0.1, 0.15) is 11.6 Å². The lowest BCUT2D eigenvalue weighted by molar-refractivity contribution is -0.120. The minimum Gasteiger partial charge on any atom is -0.494 e. The number of hydrogen-bond acceptors (Lipinski definition) is 5. The highest BCUT2D eigenvalue weighted by Crippen LogP contribution is 2.35. The van der Waals surface area contributed by atoms with Gasteiger partial charge in [-0.05, 0) is 62.2 Å². The Bertz CT molecular complexity index is 1070. The number of aliphatic imine (C=N–C) groups is 1. The number of amides is 1. The molecule has 0 unspecified atom stereocenters. The van der Waals surface area contributed by atoms with E-state index in [9.17, 15) is 9.18 Å². The molecule has 2 aromatic carbocycles. The number of anilines is 1. The number of nitrogens with one attached hydrogen (secondary N) is 1. The number of carbonyl (C=O) groups is 1. The van der Waals surface area contributed by atoms with Gasteiger partial charge in [0.2, 0.25) is 5.91 Å². The number of carbonyl (C=O) groups excluding carboxylic acids is 1. The van der Waals surface area contributed by atoms with Gasteiger partial charge in [0.25, 0.3) is 0 Å². The summed E-state index contributed by atoms with van der Waals surface area (Å²) in [5.41, 5.74) is 5.17. The topological polar surface area (TPSA) is 57.2 Å². The van der Waals surface area contributed by atoms with E-state index < -0.39 is 0 Å². The van der Waals surface area contributed by atoms with Crippen LogP contribution in [0.25, 0.3) is 5.57 Å². The monoisotopic (exact) mass is 464 g/mol. The standard InChI is InChI=1S/C27H33FN4O2/c1-3-34-24-9-10-25(26(17-24)32-13-11-31(2)12-14-32)21-7-8-23(29-19-21)16-27(33)30-18-20-5-4-6-22(28)15-20/h4-6,9-10,15,17,19H,3,7-8,11-14,16,18H2,1-2H3,(H,30,33). The van der Waals surface area contributed by atoms with Crippen molar-refractivity contribution in [3.63, 3.8) is 0 Å². The van der Waals surface area contributed by atoms with Gasteiger partial charge < -0.3 is 19.9 Å². The quantitative estimate of drug-likeness (QED) is 0.634. The largest absolute Gasteiger partial charge is 0.494 e. The lowest BCUT2D eigenvalue weighted by Crippen LogP contribution is -2.44. The van der Waals surface area contributed by atoms with E-state index in [2.05, 4.69) is 39.3 Å². The van der Waals surface area contributed by atoms with E-state index >= 15 is 0 Å². The number of rotatable bonds is 8. The molecular formula is C27H33FN4O2. The first-order valence-corrected chi connectivity index (χ1v) is 12.0. The summed E-state index contributed by atoms with van der Waals surface area (Å²) in [6.45, 7) is 6.97. The van der Waals surface area contributed by atoms with Crippen LogP contribution in [-0.4, -0.2) is 56.4 Å². The molecule has 1 fully saturated rings. The third kappa shape index (κ3) is 6.23. The first-order chi connectivity index (χ1) is 16.5. The van der Waals surface area contributed by atoms with Gasteiger partial charge in [-0.3, -0.25) is 9.79 Å². The summed E-state index contributed by atoms with van der Waals surface area (Å²) >= 11 is 0. The lowest BCUT2D eigenvalue weighted by Gasteiger charge is -2.35. The molecule has 1 saturated heterocycles. The van der Waals surface area contributed by atoms with Gasteiger partial charge in [0.05, 0.1) is 13.0 Å². The number of ether oxygens (including phenoxy) is 1. The second-order valence-electron chi connectivity index (χ2n) is 8.84. The molecule has 0 radical (unpaired) electrons. The Morgan fingerprint density at radius 1 is 1.12 bits per heavy atom. The van der Waals surface area contributed by atoms with Gasteiger partial charge in [-0.2, -0.15) is 0 Å². The average molecular weight is 465 g/mol. The molecule has 0 atom stereocenters. The van der Waals surface area contributed by atoms with Crippen molar-refractivity contribution in [1.29, 1.82) is 0 Å². The van der Waals surface area contributed by atoms with Gasteiger partial charge in [-0.25, -0.2) is 4.39 Å². The number of piperazine rings is 1.